The third kappa shape index (κ3) is 7.74. The number of aromatic nitrogens is 2. The van der Waals surface area contributed by atoms with Crippen molar-refractivity contribution in [3.8, 4) is 44.8 Å². The number of hydrogen-bond acceptors (Lipinski definition) is 3. The standard InChI is InChI=1S/C61H36N2O2.C12H16.CH4S/c1-2-13-40-36(12-1)32-49-41(17-9-19-43(40)49)37-26-29-55-50(33-37)44-14-3-6-22-53(44)62(55)39-28-31-59-52(35-39)48-21-11-24-57(61(48)65-59)63-54-23-7-4-15-45(54)51-34-38(27-30-56(51)63)42-18-10-20-47-46-16-5-8-25-58(46)64-60(42)47;1-5-10(3)12-7-6-9(2)8-11(12)4;1-2/h1-31,33-35H,32H2;5-7,9H,1,3,8H2,2,4H3;2H,1H3. The Morgan fingerprint density at radius 1 is 0.506 bits per heavy atom. The number of nitrogens with zero attached hydrogens (tertiary/aromatic N) is 2. The van der Waals surface area contributed by atoms with Crippen molar-refractivity contribution in [1.82, 2.24) is 9.13 Å². The molecule has 1 atom stereocenters. The molecule has 0 spiro atoms. The highest BCUT2D eigenvalue weighted by atomic mass is 32.1. The van der Waals surface area contributed by atoms with Gasteiger partial charge in [-0.25, -0.2) is 0 Å². The van der Waals surface area contributed by atoms with Crippen molar-refractivity contribution in [3.05, 3.63) is 265 Å². The van der Waals surface area contributed by atoms with Crippen molar-refractivity contribution in [2.45, 2.75) is 26.7 Å². The van der Waals surface area contributed by atoms with E-state index in [0.29, 0.717) is 5.92 Å². The van der Waals surface area contributed by atoms with E-state index >= 15 is 0 Å². The second-order valence-corrected chi connectivity index (χ2v) is 21.0. The Morgan fingerprint density at radius 2 is 1.06 bits per heavy atom. The van der Waals surface area contributed by atoms with E-state index in [1.807, 2.05) is 18.2 Å². The van der Waals surface area contributed by atoms with Crippen molar-refractivity contribution in [3.63, 3.8) is 0 Å². The van der Waals surface area contributed by atoms with Gasteiger partial charge in [0.05, 0.1) is 27.8 Å². The lowest BCUT2D eigenvalue weighted by atomic mass is 9.89. The topological polar surface area (TPSA) is 36.1 Å². The Balaban J connectivity index is 0.000000358. The van der Waals surface area contributed by atoms with E-state index in [4.69, 9.17) is 8.83 Å². The third-order valence-electron chi connectivity index (χ3n) is 16.5. The summed E-state index contributed by atoms with van der Waals surface area (Å²) < 4.78 is 18.2. The SMILES string of the molecule is C=CC(=C)C1=C(C)CC(C)C=C1.CS.c1ccc2c(c1)Cc1c(-c3ccc4c(c3)c3ccccc3n4-c3ccc4oc5c(-n6c7ccccc7c7cc(-c8cccc9c8oc8ccccc89)ccc76)cccc5c4c3)cccc1-2. The predicted octanol–water partition coefficient (Wildman–Crippen LogP) is 20.8. The van der Waals surface area contributed by atoms with Crippen LogP contribution in [-0.2, 0) is 6.42 Å². The lowest BCUT2D eigenvalue weighted by molar-refractivity contribution is 0.666. The summed E-state index contributed by atoms with van der Waals surface area (Å²) in [5.41, 5.74) is 24.3. The number of para-hydroxylation sites is 5. The van der Waals surface area contributed by atoms with Gasteiger partial charge in [0, 0.05) is 54.3 Å². The Morgan fingerprint density at radius 3 is 1.82 bits per heavy atom. The molecule has 4 aromatic heterocycles. The average molecular weight is 1040 g/mol. The van der Waals surface area contributed by atoms with Gasteiger partial charge in [-0.05, 0) is 149 Å². The number of rotatable bonds is 6. The molecule has 0 saturated heterocycles. The van der Waals surface area contributed by atoms with Crippen LogP contribution in [0, 0.1) is 5.92 Å². The van der Waals surface area contributed by atoms with Crippen LogP contribution in [0.4, 0.5) is 0 Å². The molecule has 0 saturated carbocycles. The quantitative estimate of drug-likeness (QED) is 0.133. The summed E-state index contributed by atoms with van der Waals surface area (Å²) in [5.74, 6) is 0.673. The molecule has 4 heterocycles. The highest BCUT2D eigenvalue weighted by Crippen LogP contribution is 2.45. The molecule has 16 rings (SSSR count). The molecule has 2 aliphatic rings. The molecule has 1 unspecified atom stereocenters. The van der Waals surface area contributed by atoms with Gasteiger partial charge in [-0.15, -0.1) is 0 Å². The minimum Gasteiger partial charge on any atom is -0.455 e. The van der Waals surface area contributed by atoms with Crippen LogP contribution in [0.15, 0.2) is 263 Å². The van der Waals surface area contributed by atoms with Gasteiger partial charge < -0.3 is 18.0 Å². The van der Waals surface area contributed by atoms with Crippen LogP contribution in [0.2, 0.25) is 0 Å². The maximum absolute atomic E-state index is 6.90. The number of furan rings is 2. The molecule has 0 bridgehead atoms. The second kappa shape index (κ2) is 19.3. The highest BCUT2D eigenvalue weighted by Gasteiger charge is 2.24. The first-order chi connectivity index (χ1) is 38.9. The zero-order valence-corrected chi connectivity index (χ0v) is 45.3. The van der Waals surface area contributed by atoms with Gasteiger partial charge in [-0.3, -0.25) is 0 Å². The van der Waals surface area contributed by atoms with E-state index in [1.54, 1.807) is 6.26 Å². The van der Waals surface area contributed by atoms with Crippen molar-refractivity contribution >= 4 is 100 Å². The van der Waals surface area contributed by atoms with Crippen LogP contribution in [0.25, 0.3) is 132 Å². The summed E-state index contributed by atoms with van der Waals surface area (Å²) in [7, 11) is 0. The van der Waals surface area contributed by atoms with Crippen molar-refractivity contribution in [1.29, 1.82) is 0 Å². The largest absolute Gasteiger partial charge is 0.455 e. The molecule has 0 aliphatic heterocycles. The molecule has 10 aromatic carbocycles. The van der Waals surface area contributed by atoms with Crippen LogP contribution in [0.5, 0.6) is 0 Å². The molecule has 0 N–H and O–H groups in total. The highest BCUT2D eigenvalue weighted by molar-refractivity contribution is 7.79. The molecule has 4 nitrogen and oxygen atoms in total. The molecular weight excluding hydrogens is 981 g/mol. The molecule has 14 aromatic rings. The van der Waals surface area contributed by atoms with E-state index < -0.39 is 0 Å². The number of hydrogen-bond donors (Lipinski definition) is 1. The maximum Gasteiger partial charge on any atom is 0.159 e. The van der Waals surface area contributed by atoms with Crippen LogP contribution in [-0.4, -0.2) is 15.4 Å². The predicted molar refractivity (Wildman–Crippen MR) is 339 cm³/mol. The maximum atomic E-state index is 6.90. The number of benzene rings is 10. The molecule has 5 heteroatoms. The van der Waals surface area contributed by atoms with Gasteiger partial charge in [0.15, 0.2) is 5.58 Å². The van der Waals surface area contributed by atoms with Gasteiger partial charge in [0.25, 0.3) is 0 Å². The fraction of sp³-hybridized carbons (Fsp3) is 0.0811. The van der Waals surface area contributed by atoms with Crippen LogP contribution in [0.3, 0.4) is 0 Å². The van der Waals surface area contributed by atoms with E-state index in [-0.39, 0.29) is 0 Å². The minimum absolute atomic E-state index is 0.673. The van der Waals surface area contributed by atoms with Gasteiger partial charge in [0.1, 0.15) is 16.7 Å². The first-order valence-corrected chi connectivity index (χ1v) is 28.1. The van der Waals surface area contributed by atoms with Crippen LogP contribution >= 0.6 is 12.6 Å². The fourth-order valence-electron chi connectivity index (χ4n) is 12.9. The van der Waals surface area contributed by atoms with Crippen LogP contribution < -0.4 is 0 Å². The summed E-state index contributed by atoms with van der Waals surface area (Å²) in [6.07, 6.45) is 10.0. The van der Waals surface area contributed by atoms with Gasteiger partial charge in [-0.2, -0.15) is 12.6 Å². The van der Waals surface area contributed by atoms with E-state index in [1.165, 1.54) is 77.1 Å². The second-order valence-electron chi connectivity index (χ2n) is 21.0. The zero-order chi connectivity index (χ0) is 53.5. The summed E-state index contributed by atoms with van der Waals surface area (Å²) in [5, 5.41) is 9.28. The summed E-state index contributed by atoms with van der Waals surface area (Å²) in [6, 6.07) is 74.9. The molecule has 0 radical (unpaired) electrons. The number of fused-ring (bicyclic) bond motifs is 15. The number of allylic oxidation sites excluding steroid dienone is 6. The Hall–Kier alpha value is -9.29. The van der Waals surface area contributed by atoms with E-state index in [2.05, 4.69) is 255 Å². The van der Waals surface area contributed by atoms with E-state index in [0.717, 1.165) is 95.8 Å². The molecule has 0 amide bonds. The monoisotopic (exact) mass is 1040 g/mol. The zero-order valence-electron chi connectivity index (χ0n) is 44.4. The van der Waals surface area contributed by atoms with E-state index in [9.17, 15) is 0 Å². The molecule has 380 valence electrons. The smallest absolute Gasteiger partial charge is 0.159 e. The molecular formula is C74H56N2O2S. The lowest BCUT2D eigenvalue weighted by Crippen LogP contribution is -2.00. The van der Waals surface area contributed by atoms with Gasteiger partial charge >= 0.3 is 0 Å². The van der Waals surface area contributed by atoms with Crippen LogP contribution in [0.1, 0.15) is 31.4 Å². The first-order valence-electron chi connectivity index (χ1n) is 27.2. The Kier molecular flexibility index (Phi) is 11.8. The Labute approximate surface area is 464 Å². The Bertz CT molecular complexity index is 4890. The third-order valence-corrected chi connectivity index (χ3v) is 16.5. The fourth-order valence-corrected chi connectivity index (χ4v) is 12.9. The van der Waals surface area contributed by atoms with Gasteiger partial charge in [0.2, 0.25) is 0 Å². The van der Waals surface area contributed by atoms with Crippen molar-refractivity contribution < 1.29 is 8.83 Å². The first kappa shape index (κ1) is 48.1. The molecule has 2 aliphatic carbocycles. The number of thiol groups is 1. The average Bonchev–Trinajstić information content (AvgIpc) is 4.43. The van der Waals surface area contributed by atoms with Crippen molar-refractivity contribution in [2.75, 3.05) is 6.26 Å². The minimum atomic E-state index is 0.673. The summed E-state index contributed by atoms with van der Waals surface area (Å²) >= 11 is 3.53. The molecule has 0 fully saturated rings. The lowest BCUT2D eigenvalue weighted by Gasteiger charge is -2.17. The normalized spacial score (nSPS) is 13.8. The molecule has 79 heavy (non-hydrogen) atoms. The van der Waals surface area contributed by atoms with Gasteiger partial charge in [-0.1, -0.05) is 183 Å². The van der Waals surface area contributed by atoms with Crippen molar-refractivity contribution in [2.24, 2.45) is 5.92 Å². The summed E-state index contributed by atoms with van der Waals surface area (Å²) in [6.45, 7) is 12.1. The summed E-state index contributed by atoms with van der Waals surface area (Å²) in [4.78, 5) is 0.